The molecule has 6 aromatic rings. The van der Waals surface area contributed by atoms with E-state index < -0.39 is 0 Å². The molecule has 0 spiro atoms. The maximum absolute atomic E-state index is 2.45. The van der Waals surface area contributed by atoms with Gasteiger partial charge in [0, 0.05) is 56.7 Å². The van der Waals surface area contributed by atoms with Crippen molar-refractivity contribution in [3.05, 3.63) is 96.6 Å². The number of fused-ring (bicyclic) bond motifs is 6. The van der Waals surface area contributed by atoms with Crippen molar-refractivity contribution in [2.75, 3.05) is 0 Å². The molecule has 2 aromatic heterocycles. The van der Waals surface area contributed by atoms with Crippen LogP contribution in [0.1, 0.15) is 12.5 Å². The molecule has 140 valence electrons. The maximum atomic E-state index is 2.45. The molecule has 0 unspecified atom stereocenters. The standard InChI is InChI=1S/C27H22N2/c1-2-28-24-12-6-3-11-22(24)23-16-15-19(17-27(23)28)18-29-25-13-7-4-9-20(25)21-10-5-8-14-26(21)29/h3-17H,2,18H2,1H3. The largest absolute Gasteiger partial charge is 0.341 e. The van der Waals surface area contributed by atoms with E-state index in [4.69, 9.17) is 0 Å². The van der Waals surface area contributed by atoms with E-state index in [1.807, 2.05) is 0 Å². The van der Waals surface area contributed by atoms with Crippen LogP contribution in [0.2, 0.25) is 0 Å². The van der Waals surface area contributed by atoms with E-state index in [9.17, 15) is 0 Å². The Bertz CT molecular complexity index is 1460. The fourth-order valence-corrected chi connectivity index (χ4v) is 4.89. The van der Waals surface area contributed by atoms with Crippen LogP contribution in [0.5, 0.6) is 0 Å². The van der Waals surface area contributed by atoms with Gasteiger partial charge >= 0.3 is 0 Å². The summed E-state index contributed by atoms with van der Waals surface area (Å²) in [6.07, 6.45) is 0. The van der Waals surface area contributed by atoms with Crippen LogP contribution in [0.3, 0.4) is 0 Å². The summed E-state index contributed by atoms with van der Waals surface area (Å²) < 4.78 is 4.88. The van der Waals surface area contributed by atoms with Gasteiger partial charge in [0.05, 0.1) is 0 Å². The molecule has 0 amide bonds. The van der Waals surface area contributed by atoms with E-state index in [0.717, 1.165) is 13.1 Å². The van der Waals surface area contributed by atoms with Crippen LogP contribution in [0.25, 0.3) is 43.6 Å². The van der Waals surface area contributed by atoms with E-state index in [1.54, 1.807) is 0 Å². The molecule has 2 nitrogen and oxygen atoms in total. The number of rotatable bonds is 3. The second-order valence-electron chi connectivity index (χ2n) is 7.73. The summed E-state index contributed by atoms with van der Waals surface area (Å²) in [6.45, 7) is 4.07. The highest BCUT2D eigenvalue weighted by Crippen LogP contribution is 2.32. The Hall–Kier alpha value is -3.52. The summed E-state index contributed by atoms with van der Waals surface area (Å²) in [5.74, 6) is 0. The predicted molar refractivity (Wildman–Crippen MR) is 124 cm³/mol. The molecule has 0 atom stereocenters. The van der Waals surface area contributed by atoms with Gasteiger partial charge in [-0.15, -0.1) is 0 Å². The minimum atomic E-state index is 0.870. The van der Waals surface area contributed by atoms with Crippen molar-refractivity contribution in [2.45, 2.75) is 20.0 Å². The van der Waals surface area contributed by atoms with E-state index in [2.05, 4.69) is 107 Å². The number of benzene rings is 4. The molecule has 0 radical (unpaired) electrons. The summed E-state index contributed by atoms with van der Waals surface area (Å²) in [6, 6.07) is 33.1. The van der Waals surface area contributed by atoms with Crippen LogP contribution in [0.15, 0.2) is 91.0 Å². The Morgan fingerprint density at radius 2 is 1.00 bits per heavy atom. The van der Waals surface area contributed by atoms with Crippen LogP contribution in [0, 0.1) is 0 Å². The molecule has 0 aliphatic rings. The van der Waals surface area contributed by atoms with E-state index >= 15 is 0 Å². The van der Waals surface area contributed by atoms with Crippen LogP contribution in [0.4, 0.5) is 0 Å². The summed E-state index contributed by atoms with van der Waals surface area (Å²) in [4.78, 5) is 0. The second kappa shape index (κ2) is 6.25. The van der Waals surface area contributed by atoms with E-state index in [0.29, 0.717) is 0 Å². The monoisotopic (exact) mass is 374 g/mol. The quantitative estimate of drug-likeness (QED) is 0.316. The van der Waals surface area contributed by atoms with Crippen LogP contribution >= 0.6 is 0 Å². The van der Waals surface area contributed by atoms with E-state index in [1.165, 1.54) is 49.2 Å². The van der Waals surface area contributed by atoms with Crippen molar-refractivity contribution in [1.82, 2.24) is 9.13 Å². The lowest BCUT2D eigenvalue weighted by Crippen LogP contribution is -2.00. The molecule has 0 saturated heterocycles. The fourth-order valence-electron chi connectivity index (χ4n) is 4.89. The summed E-state index contributed by atoms with van der Waals surface area (Å²) in [5.41, 5.74) is 6.57. The lowest BCUT2D eigenvalue weighted by atomic mass is 10.1. The van der Waals surface area contributed by atoms with Gasteiger partial charge in [0.2, 0.25) is 0 Å². The Morgan fingerprint density at radius 1 is 0.517 bits per heavy atom. The lowest BCUT2D eigenvalue weighted by molar-refractivity contribution is 0.823. The molecule has 6 rings (SSSR count). The normalized spacial score (nSPS) is 11.9. The van der Waals surface area contributed by atoms with Crippen molar-refractivity contribution >= 4 is 43.6 Å². The Kier molecular flexibility index (Phi) is 3.54. The van der Waals surface area contributed by atoms with Gasteiger partial charge in [0.25, 0.3) is 0 Å². The molecule has 0 fully saturated rings. The number of hydrogen-bond acceptors (Lipinski definition) is 0. The fraction of sp³-hybridized carbons (Fsp3) is 0.111. The number of para-hydroxylation sites is 3. The Balaban J connectivity index is 1.57. The molecule has 0 N–H and O–H groups in total. The third-order valence-corrected chi connectivity index (χ3v) is 6.17. The maximum Gasteiger partial charge on any atom is 0.0494 e. The zero-order valence-corrected chi connectivity index (χ0v) is 16.5. The summed E-state index contributed by atoms with van der Waals surface area (Å²) in [7, 11) is 0. The summed E-state index contributed by atoms with van der Waals surface area (Å²) >= 11 is 0. The van der Waals surface area contributed by atoms with Crippen molar-refractivity contribution in [1.29, 1.82) is 0 Å². The molecule has 0 aliphatic heterocycles. The molecular formula is C27H22N2. The SMILES string of the molecule is CCn1c2ccccc2c2ccc(Cn3c4ccccc4c4ccccc43)cc21. The van der Waals surface area contributed by atoms with Gasteiger partial charge in [-0.3, -0.25) is 0 Å². The number of aryl methyl sites for hydroxylation is 1. The second-order valence-corrected chi connectivity index (χ2v) is 7.73. The number of nitrogens with zero attached hydrogens (tertiary/aromatic N) is 2. The first-order chi connectivity index (χ1) is 14.3. The van der Waals surface area contributed by atoms with Gasteiger partial charge in [-0.05, 0) is 36.8 Å². The smallest absolute Gasteiger partial charge is 0.0494 e. The van der Waals surface area contributed by atoms with Crippen molar-refractivity contribution in [2.24, 2.45) is 0 Å². The van der Waals surface area contributed by atoms with Crippen molar-refractivity contribution < 1.29 is 0 Å². The zero-order valence-electron chi connectivity index (χ0n) is 16.5. The molecular weight excluding hydrogens is 352 g/mol. The van der Waals surface area contributed by atoms with Crippen LogP contribution in [-0.4, -0.2) is 9.13 Å². The first kappa shape index (κ1) is 16.4. The minimum absolute atomic E-state index is 0.870. The van der Waals surface area contributed by atoms with Gasteiger partial charge < -0.3 is 9.13 Å². The molecule has 29 heavy (non-hydrogen) atoms. The average molecular weight is 374 g/mol. The highest BCUT2D eigenvalue weighted by molar-refractivity contribution is 6.09. The molecule has 4 aromatic carbocycles. The Morgan fingerprint density at radius 3 is 1.55 bits per heavy atom. The highest BCUT2D eigenvalue weighted by Gasteiger charge is 2.12. The third-order valence-electron chi connectivity index (χ3n) is 6.17. The van der Waals surface area contributed by atoms with E-state index in [-0.39, 0.29) is 0 Å². The van der Waals surface area contributed by atoms with Gasteiger partial charge in [-0.1, -0.05) is 66.7 Å². The average Bonchev–Trinajstić information content (AvgIpc) is 3.27. The molecule has 0 saturated carbocycles. The minimum Gasteiger partial charge on any atom is -0.341 e. The van der Waals surface area contributed by atoms with Crippen molar-refractivity contribution in [3.63, 3.8) is 0 Å². The number of aromatic nitrogens is 2. The topological polar surface area (TPSA) is 9.86 Å². The Labute approximate surface area is 169 Å². The van der Waals surface area contributed by atoms with Crippen LogP contribution in [-0.2, 0) is 13.1 Å². The highest BCUT2D eigenvalue weighted by atomic mass is 15.0. The van der Waals surface area contributed by atoms with Gasteiger partial charge in [-0.25, -0.2) is 0 Å². The molecule has 2 heteroatoms. The van der Waals surface area contributed by atoms with Crippen molar-refractivity contribution in [3.8, 4) is 0 Å². The van der Waals surface area contributed by atoms with Gasteiger partial charge in [0.1, 0.15) is 0 Å². The zero-order chi connectivity index (χ0) is 19.4. The molecule has 2 heterocycles. The first-order valence-electron chi connectivity index (χ1n) is 10.3. The summed E-state index contributed by atoms with van der Waals surface area (Å²) in [5, 5.41) is 5.33. The first-order valence-corrected chi connectivity index (χ1v) is 10.3. The van der Waals surface area contributed by atoms with Gasteiger partial charge in [0.15, 0.2) is 0 Å². The van der Waals surface area contributed by atoms with Crippen LogP contribution < -0.4 is 0 Å². The molecule has 0 bridgehead atoms. The third kappa shape index (κ3) is 2.35. The number of hydrogen-bond donors (Lipinski definition) is 0. The van der Waals surface area contributed by atoms with Gasteiger partial charge in [-0.2, -0.15) is 0 Å². The molecule has 0 aliphatic carbocycles. The lowest BCUT2D eigenvalue weighted by Gasteiger charge is -2.09. The predicted octanol–water partition coefficient (Wildman–Crippen LogP) is 6.97.